The van der Waals surface area contributed by atoms with Gasteiger partial charge in [-0.2, -0.15) is 0 Å². The first-order valence-electron chi connectivity index (χ1n) is 39.0. The Morgan fingerprint density at radius 3 is 0.943 bits per heavy atom. The molecular formula is C77H154N2O7P+. The van der Waals surface area contributed by atoms with Gasteiger partial charge in [0.2, 0.25) is 5.91 Å². The Morgan fingerprint density at radius 1 is 0.391 bits per heavy atom. The molecule has 0 saturated carbocycles. The first-order chi connectivity index (χ1) is 42.4. The zero-order chi connectivity index (χ0) is 63.5. The van der Waals surface area contributed by atoms with Crippen LogP contribution in [0.4, 0.5) is 0 Å². The maximum Gasteiger partial charge on any atom is 0.472 e. The third-order valence-corrected chi connectivity index (χ3v) is 19.2. The van der Waals surface area contributed by atoms with Crippen LogP contribution in [0.3, 0.4) is 0 Å². The minimum absolute atomic E-state index is 0.0463. The second-order valence-electron chi connectivity index (χ2n) is 28.3. The van der Waals surface area contributed by atoms with E-state index in [1.54, 1.807) is 0 Å². The topological polar surface area (TPSA) is 111 Å². The standard InChI is InChI=1S/C77H153N2O7P/c1-7-10-13-16-19-22-25-28-30-32-34-36-37-38-39-40-41-43-44-46-48-51-54-57-60-63-66-69-76(80)78-74(73-85-87(82,83)84-72-71-79(4,5)6)75(68-65-62-59-56-53-50-27-24-21-18-15-12-9-3)86-77(81)70-67-64-61-58-55-52-49-47-45-42-35-33-31-29-26-23-20-17-14-11-8-2/h65,68,74-75H,7-64,66-67,69-73H2,1-6H3,(H-,78,80,82,83)/p+1/b68-65+. The molecule has 9 nitrogen and oxygen atoms in total. The minimum atomic E-state index is -4.45. The van der Waals surface area contributed by atoms with Crippen LogP contribution in [0.1, 0.15) is 419 Å². The molecule has 0 rings (SSSR count). The van der Waals surface area contributed by atoms with Crippen LogP contribution in [-0.4, -0.2) is 74.3 Å². The Labute approximate surface area is 543 Å². The molecule has 0 bridgehead atoms. The minimum Gasteiger partial charge on any atom is -0.456 e. The third kappa shape index (κ3) is 68.9. The number of ether oxygens (including phenoxy) is 1. The number of esters is 1. The lowest BCUT2D eigenvalue weighted by atomic mass is 10.0. The maximum absolute atomic E-state index is 13.7. The summed E-state index contributed by atoms with van der Waals surface area (Å²) in [6.45, 7) is 7.11. The van der Waals surface area contributed by atoms with Gasteiger partial charge >= 0.3 is 13.8 Å². The summed E-state index contributed by atoms with van der Waals surface area (Å²) in [5.74, 6) is -0.473. The zero-order valence-corrected chi connectivity index (χ0v) is 60.5. The van der Waals surface area contributed by atoms with Crippen LogP contribution < -0.4 is 5.32 Å². The number of nitrogens with zero attached hydrogens (tertiary/aromatic N) is 1. The van der Waals surface area contributed by atoms with E-state index in [1.807, 2.05) is 27.2 Å². The predicted molar refractivity (Wildman–Crippen MR) is 379 cm³/mol. The van der Waals surface area contributed by atoms with Crippen molar-refractivity contribution in [2.24, 2.45) is 0 Å². The number of hydrogen-bond donors (Lipinski definition) is 2. The quantitative estimate of drug-likeness (QED) is 0.0205. The van der Waals surface area contributed by atoms with Gasteiger partial charge in [0.05, 0.1) is 33.8 Å². The number of likely N-dealkylation sites (N-methyl/N-ethyl adjacent to an activating group) is 1. The van der Waals surface area contributed by atoms with Crippen molar-refractivity contribution < 1.29 is 37.3 Å². The number of nitrogens with one attached hydrogen (secondary N) is 1. The fourth-order valence-electron chi connectivity index (χ4n) is 12.2. The van der Waals surface area contributed by atoms with E-state index in [0.29, 0.717) is 23.9 Å². The Hall–Kier alpha value is -1.25. The van der Waals surface area contributed by atoms with Crippen LogP contribution >= 0.6 is 7.82 Å². The van der Waals surface area contributed by atoms with Crippen molar-refractivity contribution in [3.63, 3.8) is 0 Å². The Morgan fingerprint density at radius 2 is 0.655 bits per heavy atom. The molecule has 3 atom stereocenters. The van der Waals surface area contributed by atoms with Gasteiger partial charge in [-0.05, 0) is 31.8 Å². The molecule has 0 saturated heterocycles. The van der Waals surface area contributed by atoms with Crippen LogP contribution in [0.15, 0.2) is 12.2 Å². The molecule has 3 unspecified atom stereocenters. The highest BCUT2D eigenvalue weighted by atomic mass is 31.2. The zero-order valence-electron chi connectivity index (χ0n) is 59.6. The molecule has 0 heterocycles. The van der Waals surface area contributed by atoms with Crippen molar-refractivity contribution in [3.8, 4) is 0 Å². The van der Waals surface area contributed by atoms with Gasteiger partial charge in [0.25, 0.3) is 0 Å². The summed E-state index contributed by atoms with van der Waals surface area (Å²) in [5, 5.41) is 3.09. The number of carbonyl (C=O) groups is 2. The number of phosphoric ester groups is 1. The predicted octanol–water partition coefficient (Wildman–Crippen LogP) is 25.0. The normalized spacial score (nSPS) is 13.4. The molecule has 0 aliphatic heterocycles. The van der Waals surface area contributed by atoms with E-state index in [-0.39, 0.29) is 25.1 Å². The third-order valence-electron chi connectivity index (χ3n) is 18.2. The summed E-state index contributed by atoms with van der Waals surface area (Å²) in [4.78, 5) is 38.0. The lowest BCUT2D eigenvalue weighted by Gasteiger charge is -2.27. The smallest absolute Gasteiger partial charge is 0.456 e. The molecule has 1 amide bonds. The highest BCUT2D eigenvalue weighted by Gasteiger charge is 2.30. The number of carbonyl (C=O) groups excluding carboxylic acids is 2. The van der Waals surface area contributed by atoms with Crippen LogP contribution in [0.5, 0.6) is 0 Å². The van der Waals surface area contributed by atoms with Crippen molar-refractivity contribution in [2.75, 3.05) is 40.9 Å². The molecule has 0 spiro atoms. The molecule has 518 valence electrons. The molecule has 0 aromatic rings. The van der Waals surface area contributed by atoms with Crippen molar-refractivity contribution >= 4 is 19.7 Å². The van der Waals surface area contributed by atoms with Crippen LogP contribution in [0.25, 0.3) is 0 Å². The summed E-state index contributed by atoms with van der Waals surface area (Å²) < 4.78 is 30.9. The van der Waals surface area contributed by atoms with Crippen molar-refractivity contribution in [2.45, 2.75) is 431 Å². The summed E-state index contributed by atoms with van der Waals surface area (Å²) >= 11 is 0. The lowest BCUT2D eigenvalue weighted by molar-refractivity contribution is -0.870. The van der Waals surface area contributed by atoms with Crippen molar-refractivity contribution in [3.05, 3.63) is 12.2 Å². The molecular weight excluding hydrogens is 1100 g/mol. The highest BCUT2D eigenvalue weighted by Crippen LogP contribution is 2.43. The monoisotopic (exact) mass is 1250 g/mol. The Kier molecular flexibility index (Phi) is 66.7. The number of hydrogen-bond acceptors (Lipinski definition) is 6. The average molecular weight is 1250 g/mol. The van der Waals surface area contributed by atoms with Crippen LogP contribution in [0, 0.1) is 0 Å². The Balaban J connectivity index is 4.93. The van der Waals surface area contributed by atoms with Crippen molar-refractivity contribution in [1.82, 2.24) is 5.32 Å². The summed E-state index contributed by atoms with van der Waals surface area (Å²) in [6, 6.07) is -0.842. The van der Waals surface area contributed by atoms with Gasteiger partial charge in [0.1, 0.15) is 19.3 Å². The number of unbranched alkanes of at least 4 members (excludes halogenated alkanes) is 57. The highest BCUT2D eigenvalue weighted by molar-refractivity contribution is 7.47. The van der Waals surface area contributed by atoms with Gasteiger partial charge in [0.15, 0.2) is 0 Å². The molecule has 87 heavy (non-hydrogen) atoms. The average Bonchev–Trinajstić information content (AvgIpc) is 3.70. The molecule has 0 radical (unpaired) electrons. The number of quaternary nitrogens is 1. The number of rotatable bonds is 73. The van der Waals surface area contributed by atoms with Gasteiger partial charge in [-0.3, -0.25) is 18.6 Å². The van der Waals surface area contributed by atoms with Crippen molar-refractivity contribution in [1.29, 1.82) is 0 Å². The summed E-state index contributed by atoms with van der Waals surface area (Å²) in [6.07, 6.45) is 82.5. The second-order valence-corrected chi connectivity index (χ2v) is 29.7. The molecule has 0 aromatic heterocycles. The van der Waals surface area contributed by atoms with E-state index in [0.717, 1.165) is 57.8 Å². The number of amides is 1. The molecule has 0 aliphatic carbocycles. The lowest BCUT2D eigenvalue weighted by Crippen LogP contribution is -2.47. The van der Waals surface area contributed by atoms with Gasteiger partial charge in [0, 0.05) is 12.8 Å². The fraction of sp³-hybridized carbons (Fsp3) is 0.948. The summed E-state index contributed by atoms with van der Waals surface area (Å²) in [7, 11) is 1.53. The molecule has 0 aromatic carbocycles. The first kappa shape index (κ1) is 85.8. The molecule has 10 heteroatoms. The maximum atomic E-state index is 13.7. The van der Waals surface area contributed by atoms with E-state index in [4.69, 9.17) is 13.8 Å². The van der Waals surface area contributed by atoms with E-state index in [2.05, 4.69) is 32.2 Å². The van der Waals surface area contributed by atoms with Crippen LogP contribution in [-0.2, 0) is 27.9 Å². The van der Waals surface area contributed by atoms with Gasteiger partial charge < -0.3 is 19.4 Å². The van der Waals surface area contributed by atoms with Crippen LogP contribution in [0.2, 0.25) is 0 Å². The number of allylic oxidation sites excluding steroid dienone is 1. The van der Waals surface area contributed by atoms with Gasteiger partial charge in [-0.1, -0.05) is 386 Å². The molecule has 2 N–H and O–H groups in total. The molecule has 0 fully saturated rings. The largest absolute Gasteiger partial charge is 0.472 e. The number of phosphoric acid groups is 1. The van der Waals surface area contributed by atoms with Gasteiger partial charge in [-0.25, -0.2) is 4.57 Å². The first-order valence-corrected chi connectivity index (χ1v) is 40.5. The van der Waals surface area contributed by atoms with E-state index in [1.165, 1.54) is 327 Å². The Bertz CT molecular complexity index is 1490. The van der Waals surface area contributed by atoms with Gasteiger partial charge in [-0.15, -0.1) is 0 Å². The van der Waals surface area contributed by atoms with E-state index < -0.39 is 20.0 Å². The second kappa shape index (κ2) is 67.6. The van der Waals surface area contributed by atoms with E-state index in [9.17, 15) is 19.0 Å². The fourth-order valence-corrected chi connectivity index (χ4v) is 13.0. The SMILES string of the molecule is CCCCCCCCCCCCC/C=C/C(OC(=O)CCCCCCCCCCCCCCCCCCCCCCC)C(COP(=O)(O)OCC[N+](C)(C)C)NC(=O)CCCCCCCCCCCCCCCCCCCCCCCCCCCCC. The van der Waals surface area contributed by atoms with E-state index >= 15 is 0 Å². The molecule has 0 aliphatic rings. The summed E-state index contributed by atoms with van der Waals surface area (Å²) in [5.41, 5.74) is 0.